The van der Waals surface area contributed by atoms with Crippen molar-refractivity contribution in [1.82, 2.24) is 0 Å². The van der Waals surface area contributed by atoms with Crippen LogP contribution in [0.3, 0.4) is 0 Å². The van der Waals surface area contributed by atoms with Crippen molar-refractivity contribution >= 4 is 28.5 Å². The summed E-state index contributed by atoms with van der Waals surface area (Å²) in [4.78, 5) is 11.7. The van der Waals surface area contributed by atoms with Crippen molar-refractivity contribution in [2.45, 2.75) is 100 Å². The Hall–Kier alpha value is -1.99. The molecule has 7 heteroatoms. The summed E-state index contributed by atoms with van der Waals surface area (Å²) in [6, 6.07) is 13.5. The lowest BCUT2D eigenvalue weighted by Gasteiger charge is -2.43. The Bertz CT molecular complexity index is 1040. The number of phenolic OH excluding ortho intramolecular Hbond substituents is 2. The molecule has 0 saturated carbocycles. The lowest BCUT2D eigenvalue weighted by Crippen LogP contribution is -2.36. The van der Waals surface area contributed by atoms with Crippen LogP contribution in [0.2, 0.25) is 0 Å². The Morgan fingerprint density at radius 3 is 2.11 bits per heavy atom. The fourth-order valence-corrected chi connectivity index (χ4v) is 8.18. The molecule has 3 atom stereocenters. The molecule has 2 aromatic rings. The van der Waals surface area contributed by atoms with Gasteiger partial charge in [-0.1, -0.05) is 70.1 Å². The second kappa shape index (κ2) is 15.6. The zero-order chi connectivity index (χ0) is 27.4. The molecule has 0 spiro atoms. The van der Waals surface area contributed by atoms with Crippen LogP contribution in [0.4, 0.5) is 0 Å². The van der Waals surface area contributed by atoms with Gasteiger partial charge >= 0.3 is 5.97 Å². The van der Waals surface area contributed by atoms with Crippen LogP contribution in [0.5, 0.6) is 11.5 Å². The van der Waals surface area contributed by atoms with Crippen molar-refractivity contribution in [2.75, 3.05) is 17.3 Å². The predicted molar refractivity (Wildman–Crippen MR) is 158 cm³/mol. The van der Waals surface area contributed by atoms with Crippen molar-refractivity contribution in [3.05, 3.63) is 53.6 Å². The van der Waals surface area contributed by atoms with E-state index in [1.807, 2.05) is 23.9 Å². The van der Waals surface area contributed by atoms with Gasteiger partial charge in [0.2, 0.25) is 0 Å². The Labute approximate surface area is 234 Å². The smallest absolute Gasteiger partial charge is 0.303 e. The Morgan fingerprint density at radius 2 is 1.45 bits per heavy atom. The molecule has 2 aromatic carbocycles. The molecule has 0 radical (unpaired) electrons. The topological polar surface area (TPSA) is 94.8 Å². The zero-order valence-corrected chi connectivity index (χ0v) is 24.3. The largest absolute Gasteiger partial charge is 0.508 e. The molecule has 1 unspecified atom stereocenters. The van der Waals surface area contributed by atoms with E-state index in [1.165, 1.54) is 41.7 Å². The second-order valence-electron chi connectivity index (χ2n) is 10.8. The number of aromatic hydroxyl groups is 2. The van der Waals surface area contributed by atoms with Gasteiger partial charge in [-0.05, 0) is 67.0 Å². The van der Waals surface area contributed by atoms with Crippen LogP contribution >= 0.6 is 11.8 Å². The molecule has 0 aliphatic carbocycles. The third kappa shape index (κ3) is 9.33. The van der Waals surface area contributed by atoms with E-state index in [0.717, 1.165) is 50.0 Å². The molecule has 210 valence electrons. The molecule has 38 heavy (non-hydrogen) atoms. The van der Waals surface area contributed by atoms with Gasteiger partial charge in [0.15, 0.2) is 0 Å². The fourth-order valence-electron chi connectivity index (χ4n) is 5.52. The quantitative estimate of drug-likeness (QED) is 0.171. The van der Waals surface area contributed by atoms with Crippen molar-refractivity contribution in [3.8, 4) is 11.5 Å². The van der Waals surface area contributed by atoms with Crippen LogP contribution in [0.1, 0.15) is 101 Å². The van der Waals surface area contributed by atoms with Gasteiger partial charge in [-0.15, -0.1) is 11.8 Å². The highest BCUT2D eigenvalue weighted by atomic mass is 32.2. The molecule has 1 heterocycles. The van der Waals surface area contributed by atoms with Crippen LogP contribution in [0.25, 0.3) is 0 Å². The molecule has 0 fully saturated rings. The van der Waals surface area contributed by atoms with E-state index in [1.54, 1.807) is 12.1 Å². The number of phenols is 2. The summed E-state index contributed by atoms with van der Waals surface area (Å²) in [5.74, 6) is 2.64. The van der Waals surface area contributed by atoms with E-state index in [4.69, 9.17) is 5.11 Å². The van der Waals surface area contributed by atoms with E-state index in [-0.39, 0.29) is 11.8 Å². The van der Waals surface area contributed by atoms with Gasteiger partial charge in [0.05, 0.1) is 0 Å². The standard InChI is InChI=1S/C31H44O5S2/c1-31(24-14-16-25(32)17-15-24)23-37-29-22-26(33)18-19-27(29)28(31)12-8-5-3-2-4-6-10-20-38(36)21-11-7-9-13-30(34)35/h14-19,22,28,32-33H,2-13,20-21,23H2,1H3,(H,34,35)/t28-,31-,38?/m1/s1. The molecule has 0 aromatic heterocycles. The molecule has 5 nitrogen and oxygen atoms in total. The van der Waals surface area contributed by atoms with Crippen molar-refractivity contribution in [1.29, 1.82) is 0 Å². The Kier molecular flexibility index (Phi) is 12.5. The highest BCUT2D eigenvalue weighted by Gasteiger charge is 2.41. The maximum atomic E-state index is 12.1. The summed E-state index contributed by atoms with van der Waals surface area (Å²) in [6.45, 7) is 2.34. The molecule has 0 bridgehead atoms. The summed E-state index contributed by atoms with van der Waals surface area (Å²) in [5.41, 5.74) is 2.54. The van der Waals surface area contributed by atoms with Gasteiger partial charge in [0, 0.05) is 44.8 Å². The highest BCUT2D eigenvalue weighted by molar-refractivity contribution is 7.99. The summed E-state index contributed by atoms with van der Waals surface area (Å²) in [7, 11) is -0.771. The minimum absolute atomic E-state index is 0.0335. The highest BCUT2D eigenvalue weighted by Crippen LogP contribution is 2.52. The first-order valence-corrected chi connectivity index (χ1v) is 16.6. The number of unbranched alkanes of at least 4 members (excludes halogenated alkanes) is 8. The van der Waals surface area contributed by atoms with E-state index in [2.05, 4.69) is 25.1 Å². The first-order chi connectivity index (χ1) is 18.3. The van der Waals surface area contributed by atoms with Gasteiger partial charge < -0.3 is 15.3 Å². The number of hydrogen-bond acceptors (Lipinski definition) is 5. The van der Waals surface area contributed by atoms with Crippen molar-refractivity contribution in [2.24, 2.45) is 0 Å². The van der Waals surface area contributed by atoms with Gasteiger partial charge in [0.1, 0.15) is 11.5 Å². The van der Waals surface area contributed by atoms with Crippen LogP contribution in [0, 0.1) is 0 Å². The Balaban J connectivity index is 1.38. The molecule has 1 aliphatic heterocycles. The number of carbonyl (C=O) groups is 1. The SMILES string of the molecule is C[C@]1(c2ccc(O)cc2)CSc2cc(O)ccc2[C@H]1CCCCCCCCCS(=O)CCCCCC(=O)O. The van der Waals surface area contributed by atoms with Crippen LogP contribution in [0.15, 0.2) is 47.4 Å². The fraction of sp³-hybridized carbons (Fsp3) is 0.581. The minimum Gasteiger partial charge on any atom is -0.508 e. The van der Waals surface area contributed by atoms with E-state index < -0.39 is 16.8 Å². The summed E-state index contributed by atoms with van der Waals surface area (Å²) < 4.78 is 12.1. The Morgan fingerprint density at radius 1 is 0.868 bits per heavy atom. The molecular formula is C31H44O5S2. The first-order valence-electron chi connectivity index (χ1n) is 14.1. The molecule has 1 aliphatic rings. The number of carboxylic acids is 1. The van der Waals surface area contributed by atoms with Crippen LogP contribution in [-0.2, 0) is 21.0 Å². The normalized spacial score (nSPS) is 19.7. The number of aliphatic carboxylic acids is 1. The summed E-state index contributed by atoms with van der Waals surface area (Å²) >= 11 is 1.81. The monoisotopic (exact) mass is 560 g/mol. The van der Waals surface area contributed by atoms with E-state index in [0.29, 0.717) is 29.6 Å². The molecule has 3 N–H and O–H groups in total. The maximum absolute atomic E-state index is 12.1. The van der Waals surface area contributed by atoms with Crippen LogP contribution < -0.4 is 0 Å². The minimum atomic E-state index is -0.771. The number of hydrogen-bond donors (Lipinski definition) is 3. The zero-order valence-electron chi connectivity index (χ0n) is 22.7. The number of thioether (sulfide) groups is 1. The molecular weight excluding hydrogens is 516 g/mol. The third-order valence-corrected chi connectivity index (χ3v) is 10.7. The summed E-state index contributed by atoms with van der Waals surface area (Å²) in [5, 5.41) is 28.5. The maximum Gasteiger partial charge on any atom is 0.303 e. The van der Waals surface area contributed by atoms with Gasteiger partial charge in [0.25, 0.3) is 0 Å². The number of rotatable bonds is 17. The average molecular weight is 561 g/mol. The summed E-state index contributed by atoms with van der Waals surface area (Å²) in [6.07, 6.45) is 11.8. The number of benzene rings is 2. The molecule has 0 saturated heterocycles. The molecule has 0 amide bonds. The second-order valence-corrected chi connectivity index (χ2v) is 13.6. The predicted octanol–water partition coefficient (Wildman–Crippen LogP) is 7.76. The van der Waals surface area contributed by atoms with E-state index in [9.17, 15) is 19.2 Å². The lowest BCUT2D eigenvalue weighted by atomic mass is 9.68. The van der Waals surface area contributed by atoms with Gasteiger partial charge in [-0.2, -0.15) is 0 Å². The lowest BCUT2D eigenvalue weighted by molar-refractivity contribution is -0.137. The van der Waals surface area contributed by atoms with Gasteiger partial charge in [-0.3, -0.25) is 9.00 Å². The average Bonchev–Trinajstić information content (AvgIpc) is 2.88. The van der Waals surface area contributed by atoms with Crippen molar-refractivity contribution < 1.29 is 24.3 Å². The third-order valence-electron chi connectivity index (χ3n) is 7.82. The number of fused-ring (bicyclic) bond motifs is 1. The van der Waals surface area contributed by atoms with Gasteiger partial charge in [-0.25, -0.2) is 0 Å². The van der Waals surface area contributed by atoms with Crippen LogP contribution in [-0.4, -0.2) is 42.8 Å². The first kappa shape index (κ1) is 30.6. The molecule has 3 rings (SSSR count). The van der Waals surface area contributed by atoms with Crippen molar-refractivity contribution in [3.63, 3.8) is 0 Å². The van der Waals surface area contributed by atoms with E-state index >= 15 is 0 Å². The number of carboxylic acid groups (broad SMARTS) is 1.